The van der Waals surface area contributed by atoms with E-state index in [1.54, 1.807) is 35.6 Å². The van der Waals surface area contributed by atoms with Crippen molar-refractivity contribution in [3.05, 3.63) is 64.8 Å². The van der Waals surface area contributed by atoms with Crippen molar-refractivity contribution in [1.29, 1.82) is 0 Å². The Morgan fingerprint density at radius 3 is 2.44 bits per heavy atom. The third kappa shape index (κ3) is 3.04. The van der Waals surface area contributed by atoms with Gasteiger partial charge in [-0.05, 0) is 48.4 Å². The summed E-state index contributed by atoms with van der Waals surface area (Å²) in [6.45, 7) is 2.08. The van der Waals surface area contributed by atoms with Crippen LogP contribution in [0.3, 0.4) is 0 Å². The molecule has 0 amide bonds. The fourth-order valence-electron chi connectivity index (χ4n) is 2.81. The van der Waals surface area contributed by atoms with Crippen molar-refractivity contribution in [3.63, 3.8) is 0 Å². The normalized spacial score (nSPS) is 11.0. The first kappa shape index (κ1) is 15.9. The molecule has 0 bridgehead atoms. The number of aromatic nitrogens is 2. The minimum Gasteiger partial charge on any atom is -0.508 e. The maximum Gasteiger partial charge on any atom is 0.225 e. The van der Waals surface area contributed by atoms with Crippen molar-refractivity contribution in [3.8, 4) is 16.9 Å². The molecule has 2 aromatic heterocycles. The van der Waals surface area contributed by atoms with Crippen molar-refractivity contribution in [1.82, 2.24) is 9.97 Å². The van der Waals surface area contributed by atoms with Gasteiger partial charge in [-0.1, -0.05) is 30.3 Å². The van der Waals surface area contributed by atoms with Gasteiger partial charge in [-0.25, -0.2) is 4.98 Å². The van der Waals surface area contributed by atoms with Crippen LogP contribution in [-0.4, -0.2) is 15.1 Å². The Hall–Kier alpha value is -2.63. The second kappa shape index (κ2) is 6.35. The van der Waals surface area contributed by atoms with Crippen LogP contribution in [0.2, 0.25) is 5.28 Å². The van der Waals surface area contributed by atoms with Gasteiger partial charge in [0.05, 0.1) is 5.39 Å². The summed E-state index contributed by atoms with van der Waals surface area (Å²) in [7, 11) is 0. The first-order chi connectivity index (χ1) is 12.1. The number of aryl methyl sites for hydroxylation is 1. The molecular formula is C19H14ClN3OS. The highest BCUT2D eigenvalue weighted by atomic mass is 35.5. The number of hydrogen-bond acceptors (Lipinski definition) is 5. The van der Waals surface area contributed by atoms with Gasteiger partial charge in [0.1, 0.15) is 16.4 Å². The highest BCUT2D eigenvalue weighted by molar-refractivity contribution is 7.19. The Morgan fingerprint density at radius 2 is 1.72 bits per heavy atom. The summed E-state index contributed by atoms with van der Waals surface area (Å²) < 4.78 is 0. The third-order valence-electron chi connectivity index (χ3n) is 3.89. The molecule has 0 aliphatic rings. The minimum atomic E-state index is 0.203. The zero-order valence-electron chi connectivity index (χ0n) is 13.3. The molecule has 6 heteroatoms. The van der Waals surface area contributed by atoms with Gasteiger partial charge in [0, 0.05) is 16.1 Å². The molecule has 0 aliphatic carbocycles. The number of hydrogen-bond donors (Lipinski definition) is 2. The van der Waals surface area contributed by atoms with Crippen LogP contribution in [0.25, 0.3) is 21.3 Å². The van der Waals surface area contributed by atoms with E-state index in [1.165, 1.54) is 0 Å². The molecule has 4 nitrogen and oxygen atoms in total. The van der Waals surface area contributed by atoms with Gasteiger partial charge in [0.15, 0.2) is 0 Å². The third-order valence-corrected chi connectivity index (χ3v) is 5.06. The van der Waals surface area contributed by atoms with Crippen LogP contribution in [0.5, 0.6) is 5.75 Å². The quantitative estimate of drug-likeness (QED) is 0.356. The number of thiophene rings is 1. The number of halogens is 1. The lowest BCUT2D eigenvalue weighted by atomic mass is 10.0. The first-order valence-corrected chi connectivity index (χ1v) is 8.89. The largest absolute Gasteiger partial charge is 0.508 e. The minimum absolute atomic E-state index is 0.203. The smallest absolute Gasteiger partial charge is 0.225 e. The van der Waals surface area contributed by atoms with Crippen molar-refractivity contribution in [2.24, 2.45) is 0 Å². The van der Waals surface area contributed by atoms with Gasteiger partial charge in [0.2, 0.25) is 5.28 Å². The second-order valence-electron chi connectivity index (χ2n) is 5.59. The van der Waals surface area contributed by atoms with E-state index in [9.17, 15) is 5.11 Å². The fraction of sp³-hybridized carbons (Fsp3) is 0.0526. The van der Waals surface area contributed by atoms with E-state index < -0.39 is 0 Å². The maximum absolute atomic E-state index is 9.46. The average Bonchev–Trinajstić information content (AvgIpc) is 2.93. The van der Waals surface area contributed by atoms with Crippen molar-refractivity contribution < 1.29 is 5.11 Å². The number of aromatic hydroxyl groups is 1. The van der Waals surface area contributed by atoms with E-state index in [-0.39, 0.29) is 11.0 Å². The van der Waals surface area contributed by atoms with Gasteiger partial charge in [-0.15, -0.1) is 11.3 Å². The molecule has 25 heavy (non-hydrogen) atoms. The molecule has 0 aliphatic heterocycles. The molecule has 0 atom stereocenters. The van der Waals surface area contributed by atoms with E-state index in [2.05, 4.69) is 34.3 Å². The summed E-state index contributed by atoms with van der Waals surface area (Å²) in [6.07, 6.45) is 0. The van der Waals surface area contributed by atoms with Crippen molar-refractivity contribution in [2.45, 2.75) is 6.92 Å². The lowest BCUT2D eigenvalue weighted by Gasteiger charge is -2.10. The van der Waals surface area contributed by atoms with Gasteiger partial charge in [-0.3, -0.25) is 0 Å². The van der Waals surface area contributed by atoms with Crippen LogP contribution in [0.1, 0.15) is 4.88 Å². The molecule has 2 aromatic carbocycles. The van der Waals surface area contributed by atoms with Crippen molar-refractivity contribution in [2.75, 3.05) is 5.32 Å². The summed E-state index contributed by atoms with van der Waals surface area (Å²) in [4.78, 5) is 10.8. The van der Waals surface area contributed by atoms with Gasteiger partial charge >= 0.3 is 0 Å². The zero-order valence-corrected chi connectivity index (χ0v) is 14.9. The molecule has 0 unspecified atom stereocenters. The molecule has 0 fully saturated rings. The van der Waals surface area contributed by atoms with E-state index in [1.807, 2.05) is 18.2 Å². The average molecular weight is 368 g/mol. The predicted octanol–water partition coefficient (Wildman–Crippen LogP) is 5.77. The molecule has 124 valence electrons. The van der Waals surface area contributed by atoms with Gasteiger partial charge < -0.3 is 10.4 Å². The first-order valence-electron chi connectivity index (χ1n) is 7.70. The molecule has 0 saturated carbocycles. The molecular weight excluding hydrogens is 354 g/mol. The summed E-state index contributed by atoms with van der Waals surface area (Å²) in [5.41, 5.74) is 3.04. The SMILES string of the molecule is Cc1sc2nc(Cl)nc(Nc3ccc(O)cc3)c2c1-c1ccccc1. The fourth-order valence-corrected chi connectivity index (χ4v) is 4.07. The van der Waals surface area contributed by atoms with Crippen LogP contribution in [-0.2, 0) is 0 Å². The van der Waals surface area contributed by atoms with E-state index in [0.29, 0.717) is 5.82 Å². The number of anilines is 2. The highest BCUT2D eigenvalue weighted by Gasteiger charge is 2.18. The Labute approximate surface area is 153 Å². The Morgan fingerprint density at radius 1 is 1.00 bits per heavy atom. The van der Waals surface area contributed by atoms with Crippen LogP contribution < -0.4 is 5.32 Å². The van der Waals surface area contributed by atoms with E-state index in [4.69, 9.17) is 11.6 Å². The van der Waals surface area contributed by atoms with Crippen molar-refractivity contribution >= 4 is 44.7 Å². The lowest BCUT2D eigenvalue weighted by molar-refractivity contribution is 0.475. The number of phenolic OH excluding ortho intramolecular Hbond substituents is 1. The molecule has 0 radical (unpaired) electrons. The lowest BCUT2D eigenvalue weighted by Crippen LogP contribution is -1.96. The monoisotopic (exact) mass is 367 g/mol. The topological polar surface area (TPSA) is 58.0 Å². The molecule has 2 N–H and O–H groups in total. The second-order valence-corrected chi connectivity index (χ2v) is 7.13. The van der Waals surface area contributed by atoms with Crippen LogP contribution in [0.15, 0.2) is 54.6 Å². The van der Waals surface area contributed by atoms with E-state index >= 15 is 0 Å². The number of fused-ring (bicyclic) bond motifs is 1. The highest BCUT2D eigenvalue weighted by Crippen LogP contribution is 2.41. The number of benzene rings is 2. The molecule has 2 heterocycles. The van der Waals surface area contributed by atoms with E-state index in [0.717, 1.165) is 31.9 Å². The van der Waals surface area contributed by atoms with Crippen LogP contribution in [0.4, 0.5) is 11.5 Å². The predicted molar refractivity (Wildman–Crippen MR) is 104 cm³/mol. The number of phenols is 1. The Balaban J connectivity index is 1.92. The summed E-state index contributed by atoms with van der Waals surface area (Å²) in [5, 5.41) is 13.9. The van der Waals surface area contributed by atoms with Gasteiger partial charge in [0.25, 0.3) is 0 Å². The van der Waals surface area contributed by atoms with Crippen LogP contribution in [0, 0.1) is 6.92 Å². The van der Waals surface area contributed by atoms with Crippen LogP contribution >= 0.6 is 22.9 Å². The standard InChI is InChI=1S/C19H14ClN3OS/c1-11-15(12-5-3-2-4-6-12)16-17(22-19(20)23-18(16)25-11)21-13-7-9-14(24)10-8-13/h2-10,24H,1H3,(H,21,22,23). The summed E-state index contributed by atoms with van der Waals surface area (Å²) in [5.74, 6) is 0.872. The Bertz CT molecular complexity index is 1050. The summed E-state index contributed by atoms with van der Waals surface area (Å²) >= 11 is 7.73. The molecule has 0 spiro atoms. The summed E-state index contributed by atoms with van der Waals surface area (Å²) in [6, 6.07) is 17.0. The zero-order chi connectivity index (χ0) is 17.4. The van der Waals surface area contributed by atoms with Gasteiger partial charge in [-0.2, -0.15) is 4.98 Å². The molecule has 4 aromatic rings. The molecule has 0 saturated heterocycles. The number of nitrogens with zero attached hydrogens (tertiary/aromatic N) is 2. The molecule has 4 rings (SSSR count). The maximum atomic E-state index is 9.46. The number of rotatable bonds is 3. The number of nitrogens with one attached hydrogen (secondary N) is 1. The Kier molecular flexibility index (Phi) is 4.03.